The van der Waals surface area contributed by atoms with Crippen LogP contribution in [-0.2, 0) is 0 Å². The van der Waals surface area contributed by atoms with Gasteiger partial charge in [0.25, 0.3) is 5.91 Å². The van der Waals surface area contributed by atoms with Crippen LogP contribution in [0.2, 0.25) is 0 Å². The normalized spacial score (nSPS) is 11.9. The predicted molar refractivity (Wildman–Crippen MR) is 88.5 cm³/mol. The Kier molecular flexibility index (Phi) is 6.43. The summed E-state index contributed by atoms with van der Waals surface area (Å²) in [5, 5.41) is 14.6. The zero-order valence-electron chi connectivity index (χ0n) is 12.6. The van der Waals surface area contributed by atoms with Crippen LogP contribution in [0.3, 0.4) is 0 Å². The molecule has 0 fully saturated rings. The van der Waals surface area contributed by atoms with E-state index in [-0.39, 0.29) is 12.5 Å². The van der Waals surface area contributed by atoms with Gasteiger partial charge in [-0.3, -0.25) is 4.79 Å². The van der Waals surface area contributed by atoms with Gasteiger partial charge in [0, 0.05) is 17.0 Å². The lowest BCUT2D eigenvalue weighted by atomic mass is 10.2. The average molecular weight is 319 g/mol. The SMILES string of the molecule is CCCCOc1ccc(C(=O)NCC(O)c2cccs2)cc1. The maximum Gasteiger partial charge on any atom is 0.251 e. The van der Waals surface area contributed by atoms with Gasteiger partial charge < -0.3 is 15.2 Å². The molecule has 118 valence electrons. The Bertz CT molecular complexity index is 566. The molecular formula is C17H21NO3S. The summed E-state index contributed by atoms with van der Waals surface area (Å²) < 4.78 is 5.56. The number of carbonyl (C=O) groups excluding carboxylic acids is 1. The van der Waals surface area contributed by atoms with E-state index in [1.165, 1.54) is 11.3 Å². The van der Waals surface area contributed by atoms with Crippen LogP contribution in [0.25, 0.3) is 0 Å². The zero-order valence-corrected chi connectivity index (χ0v) is 13.4. The van der Waals surface area contributed by atoms with Gasteiger partial charge in [0.05, 0.1) is 6.61 Å². The topological polar surface area (TPSA) is 58.6 Å². The molecule has 0 saturated heterocycles. The molecule has 0 bridgehead atoms. The van der Waals surface area contributed by atoms with Crippen LogP contribution < -0.4 is 10.1 Å². The van der Waals surface area contributed by atoms with E-state index < -0.39 is 6.10 Å². The number of amides is 1. The summed E-state index contributed by atoms with van der Waals surface area (Å²) in [6.45, 7) is 3.00. The molecular weight excluding hydrogens is 298 g/mol. The number of nitrogens with one attached hydrogen (secondary N) is 1. The molecule has 2 N–H and O–H groups in total. The molecule has 22 heavy (non-hydrogen) atoms. The average Bonchev–Trinajstić information content (AvgIpc) is 3.08. The molecule has 2 rings (SSSR count). The first kappa shape index (κ1) is 16.5. The van der Waals surface area contributed by atoms with E-state index in [4.69, 9.17) is 4.74 Å². The first-order valence-electron chi connectivity index (χ1n) is 7.43. The fraction of sp³-hybridized carbons (Fsp3) is 0.353. The third-order valence-electron chi connectivity index (χ3n) is 3.21. The van der Waals surface area contributed by atoms with Crippen LogP contribution in [0.4, 0.5) is 0 Å². The van der Waals surface area contributed by atoms with Gasteiger partial charge in [-0.15, -0.1) is 11.3 Å². The van der Waals surface area contributed by atoms with Crippen LogP contribution in [0.1, 0.15) is 41.1 Å². The fourth-order valence-electron chi connectivity index (χ4n) is 1.91. The summed E-state index contributed by atoms with van der Waals surface area (Å²) in [4.78, 5) is 12.9. The summed E-state index contributed by atoms with van der Waals surface area (Å²) >= 11 is 1.47. The molecule has 1 heterocycles. The number of thiophene rings is 1. The van der Waals surface area contributed by atoms with Crippen molar-refractivity contribution >= 4 is 17.2 Å². The molecule has 1 amide bonds. The van der Waals surface area contributed by atoms with Crippen molar-refractivity contribution in [2.75, 3.05) is 13.2 Å². The molecule has 0 aliphatic rings. The maximum absolute atomic E-state index is 12.0. The number of carbonyl (C=O) groups is 1. The van der Waals surface area contributed by atoms with E-state index in [1.54, 1.807) is 24.3 Å². The van der Waals surface area contributed by atoms with Crippen molar-refractivity contribution in [2.45, 2.75) is 25.9 Å². The summed E-state index contributed by atoms with van der Waals surface area (Å²) in [5.74, 6) is 0.569. The Hall–Kier alpha value is -1.85. The van der Waals surface area contributed by atoms with Gasteiger partial charge in [-0.2, -0.15) is 0 Å². The molecule has 2 aromatic rings. The molecule has 0 radical (unpaired) electrons. The molecule has 1 unspecified atom stereocenters. The number of hydrogen-bond donors (Lipinski definition) is 2. The third-order valence-corrected chi connectivity index (χ3v) is 4.18. The van der Waals surface area contributed by atoms with Crippen molar-refractivity contribution in [3.63, 3.8) is 0 Å². The Morgan fingerprint density at radius 3 is 2.73 bits per heavy atom. The van der Waals surface area contributed by atoms with Gasteiger partial charge in [-0.25, -0.2) is 0 Å². The zero-order chi connectivity index (χ0) is 15.8. The Labute approximate surface area is 134 Å². The summed E-state index contributed by atoms with van der Waals surface area (Å²) in [7, 11) is 0. The van der Waals surface area contributed by atoms with Gasteiger partial charge in [0.2, 0.25) is 0 Å². The van der Waals surface area contributed by atoms with E-state index in [0.717, 1.165) is 23.5 Å². The molecule has 1 aromatic heterocycles. The van der Waals surface area contributed by atoms with Crippen LogP contribution in [-0.4, -0.2) is 24.2 Å². The second kappa shape index (κ2) is 8.56. The van der Waals surface area contributed by atoms with Crippen LogP contribution >= 0.6 is 11.3 Å². The number of unbranched alkanes of at least 4 members (excludes halogenated alkanes) is 1. The van der Waals surface area contributed by atoms with Crippen molar-refractivity contribution in [3.05, 3.63) is 52.2 Å². The van der Waals surface area contributed by atoms with Crippen molar-refractivity contribution in [3.8, 4) is 5.75 Å². The number of aliphatic hydroxyl groups excluding tert-OH is 1. The largest absolute Gasteiger partial charge is 0.494 e. The third kappa shape index (κ3) is 4.86. The highest BCUT2D eigenvalue weighted by Crippen LogP contribution is 2.18. The monoisotopic (exact) mass is 319 g/mol. The minimum Gasteiger partial charge on any atom is -0.494 e. The van der Waals surface area contributed by atoms with Crippen LogP contribution in [0.5, 0.6) is 5.75 Å². The summed E-state index contributed by atoms with van der Waals surface area (Å²) in [6, 6.07) is 10.8. The lowest BCUT2D eigenvalue weighted by Crippen LogP contribution is -2.28. The standard InChI is InChI=1S/C17H21NO3S/c1-2-3-10-21-14-8-6-13(7-9-14)17(20)18-12-15(19)16-5-4-11-22-16/h4-9,11,15,19H,2-3,10,12H2,1H3,(H,18,20). The molecule has 4 nitrogen and oxygen atoms in total. The number of hydrogen-bond acceptors (Lipinski definition) is 4. The Morgan fingerprint density at radius 2 is 2.09 bits per heavy atom. The first-order valence-corrected chi connectivity index (χ1v) is 8.31. The highest BCUT2D eigenvalue weighted by molar-refractivity contribution is 7.10. The lowest BCUT2D eigenvalue weighted by molar-refractivity contribution is 0.0918. The summed E-state index contributed by atoms with van der Waals surface area (Å²) in [6.07, 6.45) is 1.44. The van der Waals surface area contributed by atoms with Gasteiger partial charge in [0.1, 0.15) is 11.9 Å². The van der Waals surface area contributed by atoms with E-state index in [1.807, 2.05) is 17.5 Å². The minimum absolute atomic E-state index is 0.198. The van der Waals surface area contributed by atoms with Crippen molar-refractivity contribution in [1.82, 2.24) is 5.32 Å². The molecule has 0 spiro atoms. The number of ether oxygens (including phenoxy) is 1. The van der Waals surface area contributed by atoms with E-state index in [9.17, 15) is 9.90 Å². The van der Waals surface area contributed by atoms with E-state index in [2.05, 4.69) is 12.2 Å². The van der Waals surface area contributed by atoms with Crippen LogP contribution in [0, 0.1) is 0 Å². The van der Waals surface area contributed by atoms with Crippen molar-refractivity contribution < 1.29 is 14.6 Å². The molecule has 0 aliphatic carbocycles. The Morgan fingerprint density at radius 1 is 1.32 bits per heavy atom. The molecule has 1 atom stereocenters. The minimum atomic E-state index is -0.666. The van der Waals surface area contributed by atoms with Gasteiger partial charge in [-0.05, 0) is 42.1 Å². The first-order chi connectivity index (χ1) is 10.7. The fourth-order valence-corrected chi connectivity index (χ4v) is 2.62. The second-order valence-electron chi connectivity index (χ2n) is 4.97. The quantitative estimate of drug-likeness (QED) is 0.733. The lowest BCUT2D eigenvalue weighted by Gasteiger charge is -2.11. The predicted octanol–water partition coefficient (Wildman–Crippen LogP) is 3.39. The van der Waals surface area contributed by atoms with Crippen LogP contribution in [0.15, 0.2) is 41.8 Å². The second-order valence-corrected chi connectivity index (χ2v) is 5.95. The summed E-state index contributed by atoms with van der Waals surface area (Å²) in [5.41, 5.74) is 0.557. The van der Waals surface area contributed by atoms with Gasteiger partial charge >= 0.3 is 0 Å². The van der Waals surface area contributed by atoms with E-state index in [0.29, 0.717) is 12.2 Å². The number of aliphatic hydroxyl groups is 1. The smallest absolute Gasteiger partial charge is 0.251 e. The molecule has 5 heteroatoms. The highest BCUT2D eigenvalue weighted by atomic mass is 32.1. The van der Waals surface area contributed by atoms with E-state index >= 15 is 0 Å². The maximum atomic E-state index is 12.0. The number of benzene rings is 1. The van der Waals surface area contributed by atoms with Crippen molar-refractivity contribution in [1.29, 1.82) is 0 Å². The highest BCUT2D eigenvalue weighted by Gasteiger charge is 2.11. The Balaban J connectivity index is 1.82. The van der Waals surface area contributed by atoms with Crippen molar-refractivity contribution in [2.24, 2.45) is 0 Å². The molecule has 0 aliphatic heterocycles. The van der Waals surface area contributed by atoms with Gasteiger partial charge in [0.15, 0.2) is 0 Å². The number of rotatable bonds is 8. The molecule has 0 saturated carbocycles. The van der Waals surface area contributed by atoms with Gasteiger partial charge in [-0.1, -0.05) is 19.4 Å². The molecule has 1 aromatic carbocycles.